The Bertz CT molecular complexity index is 349. The van der Waals surface area contributed by atoms with Crippen LogP contribution in [0.5, 0.6) is 0 Å². The third-order valence-corrected chi connectivity index (χ3v) is 5.17. The van der Waals surface area contributed by atoms with Crippen LogP contribution in [0, 0.1) is 5.92 Å². The van der Waals surface area contributed by atoms with Crippen LogP contribution in [0.4, 0.5) is 0 Å². The first-order chi connectivity index (χ1) is 8.48. The van der Waals surface area contributed by atoms with Crippen LogP contribution in [-0.2, 0) is 0 Å². The second-order valence-electron chi connectivity index (χ2n) is 6.08. The molecular weight excluding hydrogens is 242 g/mol. The Kier molecular flexibility index (Phi) is 4.46. The Balaban J connectivity index is 2.10. The van der Waals surface area contributed by atoms with Crippen molar-refractivity contribution >= 4 is 11.3 Å². The normalized spacial score (nSPS) is 21.1. The van der Waals surface area contributed by atoms with Gasteiger partial charge in [-0.1, -0.05) is 18.9 Å². The monoisotopic (exact) mass is 267 g/mol. The lowest BCUT2D eigenvalue weighted by atomic mass is 9.93. The fraction of sp³-hybridized carbons (Fsp3) is 0.733. The van der Waals surface area contributed by atoms with Crippen LogP contribution in [0.25, 0.3) is 0 Å². The average molecular weight is 267 g/mol. The highest BCUT2D eigenvalue weighted by atomic mass is 32.1. The molecule has 1 fully saturated rings. The highest BCUT2D eigenvalue weighted by Gasteiger charge is 2.31. The minimum Gasteiger partial charge on any atom is -0.389 e. The molecule has 1 aliphatic rings. The molecule has 0 bridgehead atoms. The Morgan fingerprint density at radius 1 is 1.39 bits per heavy atom. The van der Waals surface area contributed by atoms with E-state index >= 15 is 0 Å². The van der Waals surface area contributed by atoms with Crippen LogP contribution in [0.2, 0.25) is 0 Å². The van der Waals surface area contributed by atoms with Gasteiger partial charge in [0.15, 0.2) is 0 Å². The summed E-state index contributed by atoms with van der Waals surface area (Å²) >= 11 is 1.83. The first-order valence-electron chi connectivity index (χ1n) is 7.00. The molecule has 2 N–H and O–H groups in total. The summed E-state index contributed by atoms with van der Waals surface area (Å²) in [5, 5.41) is 15.9. The molecular formula is C15H25NOS. The van der Waals surface area contributed by atoms with Crippen LogP contribution in [-0.4, -0.2) is 16.7 Å². The lowest BCUT2D eigenvalue weighted by Crippen LogP contribution is -2.47. The number of nitrogens with one attached hydrogen (secondary N) is 1. The number of aliphatic hydroxyl groups is 1. The Morgan fingerprint density at radius 3 is 2.56 bits per heavy atom. The molecule has 0 radical (unpaired) electrons. The fourth-order valence-corrected chi connectivity index (χ4v) is 3.56. The minimum atomic E-state index is -0.673. The van der Waals surface area contributed by atoms with E-state index in [9.17, 15) is 5.11 Å². The van der Waals surface area contributed by atoms with Gasteiger partial charge in [-0.3, -0.25) is 0 Å². The molecule has 1 saturated carbocycles. The van der Waals surface area contributed by atoms with Crippen molar-refractivity contribution in [1.29, 1.82) is 0 Å². The number of thiophene rings is 1. The smallest absolute Gasteiger partial charge is 0.0741 e. The van der Waals surface area contributed by atoms with Gasteiger partial charge >= 0.3 is 0 Å². The van der Waals surface area contributed by atoms with Gasteiger partial charge in [0.05, 0.1) is 5.60 Å². The summed E-state index contributed by atoms with van der Waals surface area (Å²) in [6, 6.07) is 4.86. The standard InChI is InChI=1S/C15H25NOS/c1-11(15(2,3)17)16-14(12-7-4-5-8-12)13-9-6-10-18-13/h6,9-12,14,16-17H,4-5,7-8H2,1-3H3. The summed E-state index contributed by atoms with van der Waals surface area (Å²) in [4.78, 5) is 1.41. The molecule has 0 spiro atoms. The molecule has 18 heavy (non-hydrogen) atoms. The second kappa shape index (κ2) is 5.72. The van der Waals surface area contributed by atoms with Crippen LogP contribution in [0.15, 0.2) is 17.5 Å². The number of hydrogen-bond acceptors (Lipinski definition) is 3. The van der Waals surface area contributed by atoms with Crippen LogP contribution in [0.1, 0.15) is 57.4 Å². The van der Waals surface area contributed by atoms with Crippen molar-refractivity contribution in [2.24, 2.45) is 5.92 Å². The average Bonchev–Trinajstić information content (AvgIpc) is 2.97. The molecule has 0 aliphatic heterocycles. The molecule has 102 valence electrons. The van der Waals surface area contributed by atoms with Gasteiger partial charge in [0, 0.05) is 17.0 Å². The van der Waals surface area contributed by atoms with E-state index in [0.29, 0.717) is 6.04 Å². The molecule has 0 saturated heterocycles. The Hall–Kier alpha value is -0.380. The van der Waals surface area contributed by atoms with Crippen LogP contribution < -0.4 is 5.32 Å². The van der Waals surface area contributed by atoms with E-state index in [1.54, 1.807) is 0 Å². The summed E-state index contributed by atoms with van der Waals surface area (Å²) in [6.45, 7) is 5.84. The maximum absolute atomic E-state index is 10.1. The predicted molar refractivity (Wildman–Crippen MR) is 77.9 cm³/mol. The molecule has 2 rings (SSSR count). The van der Waals surface area contributed by atoms with E-state index in [-0.39, 0.29) is 6.04 Å². The number of hydrogen-bond donors (Lipinski definition) is 2. The first-order valence-corrected chi connectivity index (χ1v) is 7.88. The third-order valence-electron chi connectivity index (χ3n) is 4.21. The summed E-state index contributed by atoms with van der Waals surface area (Å²) in [6.07, 6.45) is 5.33. The SMILES string of the molecule is CC(NC(c1cccs1)C1CCCC1)C(C)(C)O. The van der Waals surface area contributed by atoms with Crippen LogP contribution >= 0.6 is 11.3 Å². The third kappa shape index (κ3) is 3.34. The predicted octanol–water partition coefficient (Wildman–Crippen LogP) is 3.73. The lowest BCUT2D eigenvalue weighted by molar-refractivity contribution is 0.0365. The summed E-state index contributed by atoms with van der Waals surface area (Å²) < 4.78 is 0. The quantitative estimate of drug-likeness (QED) is 0.852. The zero-order chi connectivity index (χ0) is 13.2. The summed E-state index contributed by atoms with van der Waals surface area (Å²) in [5.41, 5.74) is -0.673. The van der Waals surface area contributed by atoms with E-state index in [4.69, 9.17) is 0 Å². The number of rotatable bonds is 5. The summed E-state index contributed by atoms with van der Waals surface area (Å²) in [7, 11) is 0. The molecule has 1 aromatic rings. The van der Waals surface area contributed by atoms with Crippen molar-refractivity contribution in [2.45, 2.75) is 64.1 Å². The largest absolute Gasteiger partial charge is 0.389 e. The maximum atomic E-state index is 10.1. The lowest BCUT2D eigenvalue weighted by Gasteiger charge is -2.33. The first kappa shape index (κ1) is 14.0. The van der Waals surface area contributed by atoms with Gasteiger partial charge in [-0.25, -0.2) is 0 Å². The topological polar surface area (TPSA) is 32.3 Å². The van der Waals surface area contributed by atoms with Crippen molar-refractivity contribution in [2.75, 3.05) is 0 Å². The van der Waals surface area contributed by atoms with Gasteiger partial charge in [0.2, 0.25) is 0 Å². The van der Waals surface area contributed by atoms with Gasteiger partial charge in [0.1, 0.15) is 0 Å². The van der Waals surface area contributed by atoms with Gasteiger partial charge in [0.25, 0.3) is 0 Å². The van der Waals surface area contributed by atoms with Crippen molar-refractivity contribution < 1.29 is 5.11 Å². The molecule has 3 heteroatoms. The van der Waals surface area contributed by atoms with Crippen molar-refractivity contribution in [3.63, 3.8) is 0 Å². The molecule has 2 nitrogen and oxygen atoms in total. The zero-order valence-electron chi connectivity index (χ0n) is 11.6. The maximum Gasteiger partial charge on any atom is 0.0741 e. The van der Waals surface area contributed by atoms with Crippen molar-refractivity contribution in [3.05, 3.63) is 22.4 Å². The highest BCUT2D eigenvalue weighted by Crippen LogP contribution is 2.38. The summed E-state index contributed by atoms with van der Waals surface area (Å²) in [5.74, 6) is 0.730. The van der Waals surface area contributed by atoms with Gasteiger partial charge in [-0.15, -0.1) is 11.3 Å². The van der Waals surface area contributed by atoms with E-state index in [1.165, 1.54) is 30.6 Å². The molecule has 0 aromatic carbocycles. The molecule has 1 aromatic heterocycles. The second-order valence-corrected chi connectivity index (χ2v) is 7.06. The van der Waals surface area contributed by atoms with E-state index in [2.05, 4.69) is 29.8 Å². The molecule has 2 atom stereocenters. The van der Waals surface area contributed by atoms with Crippen molar-refractivity contribution in [3.8, 4) is 0 Å². The Morgan fingerprint density at radius 2 is 2.06 bits per heavy atom. The van der Waals surface area contributed by atoms with Gasteiger partial charge in [-0.2, -0.15) is 0 Å². The Labute approximate surface area is 114 Å². The molecule has 0 amide bonds. The zero-order valence-corrected chi connectivity index (χ0v) is 12.5. The molecule has 1 heterocycles. The van der Waals surface area contributed by atoms with Gasteiger partial charge in [-0.05, 0) is 51.0 Å². The van der Waals surface area contributed by atoms with E-state index in [1.807, 2.05) is 25.2 Å². The fourth-order valence-electron chi connectivity index (χ4n) is 2.68. The van der Waals surface area contributed by atoms with E-state index in [0.717, 1.165) is 5.92 Å². The van der Waals surface area contributed by atoms with Crippen molar-refractivity contribution in [1.82, 2.24) is 5.32 Å². The highest BCUT2D eigenvalue weighted by molar-refractivity contribution is 7.10. The molecule has 1 aliphatic carbocycles. The van der Waals surface area contributed by atoms with Gasteiger partial charge < -0.3 is 10.4 Å². The minimum absolute atomic E-state index is 0.102. The molecule has 2 unspecified atom stereocenters. The van der Waals surface area contributed by atoms with E-state index < -0.39 is 5.60 Å². The van der Waals surface area contributed by atoms with Crippen LogP contribution in [0.3, 0.4) is 0 Å².